The SMILES string of the molecule is Cc1ccccc1-n1c(C)cc(C(=O)N2CCCC2CN)c1C.Cl. The van der Waals surface area contributed by atoms with Crippen molar-refractivity contribution in [2.24, 2.45) is 5.73 Å². The van der Waals surface area contributed by atoms with Crippen LogP contribution in [-0.4, -0.2) is 34.5 Å². The summed E-state index contributed by atoms with van der Waals surface area (Å²) < 4.78 is 2.18. The lowest BCUT2D eigenvalue weighted by Crippen LogP contribution is -2.40. The zero-order valence-electron chi connectivity index (χ0n) is 14.6. The normalized spacial score (nSPS) is 17.0. The first-order valence-corrected chi connectivity index (χ1v) is 8.30. The molecule has 1 aromatic heterocycles. The number of likely N-dealkylation sites (tertiary alicyclic amines) is 1. The molecule has 2 N–H and O–H groups in total. The number of nitrogens with zero attached hydrogens (tertiary/aromatic N) is 2. The Morgan fingerprint density at radius 2 is 1.96 bits per heavy atom. The molecule has 2 heterocycles. The first-order valence-electron chi connectivity index (χ1n) is 8.30. The van der Waals surface area contributed by atoms with Crippen molar-refractivity contribution in [2.45, 2.75) is 39.7 Å². The number of amides is 1. The maximum Gasteiger partial charge on any atom is 0.255 e. The standard InChI is InChI=1S/C19H25N3O.ClH/c1-13-7-4-5-9-18(13)22-14(2)11-17(15(22)3)19(23)21-10-6-8-16(21)12-20;/h4-5,7,9,11,16H,6,8,10,12,20H2,1-3H3;1H. The minimum Gasteiger partial charge on any atom is -0.334 e. The molecule has 1 atom stereocenters. The highest BCUT2D eigenvalue weighted by molar-refractivity contribution is 5.96. The van der Waals surface area contributed by atoms with Gasteiger partial charge in [-0.05, 0) is 51.3 Å². The highest BCUT2D eigenvalue weighted by Crippen LogP contribution is 2.26. The number of aromatic nitrogens is 1. The number of carbonyl (C=O) groups excluding carboxylic acids is 1. The van der Waals surface area contributed by atoms with Crippen LogP contribution >= 0.6 is 12.4 Å². The molecular formula is C19H26ClN3O. The lowest BCUT2D eigenvalue weighted by Gasteiger charge is -2.23. The van der Waals surface area contributed by atoms with Crippen molar-refractivity contribution < 1.29 is 4.79 Å². The number of hydrogen-bond acceptors (Lipinski definition) is 2. The molecule has 0 spiro atoms. The molecule has 0 radical (unpaired) electrons. The molecule has 2 aromatic rings. The van der Waals surface area contributed by atoms with E-state index in [4.69, 9.17) is 5.73 Å². The zero-order valence-corrected chi connectivity index (χ0v) is 15.4. The van der Waals surface area contributed by atoms with E-state index < -0.39 is 0 Å². The molecule has 0 aliphatic carbocycles. The van der Waals surface area contributed by atoms with Crippen LogP contribution in [0.15, 0.2) is 30.3 Å². The molecule has 5 heteroatoms. The maximum atomic E-state index is 13.0. The van der Waals surface area contributed by atoms with Gasteiger partial charge in [0.25, 0.3) is 5.91 Å². The van der Waals surface area contributed by atoms with E-state index >= 15 is 0 Å². The fourth-order valence-corrected chi connectivity index (χ4v) is 3.67. The van der Waals surface area contributed by atoms with Gasteiger partial charge in [0.2, 0.25) is 0 Å². The lowest BCUT2D eigenvalue weighted by molar-refractivity contribution is 0.0740. The second-order valence-electron chi connectivity index (χ2n) is 6.44. The van der Waals surface area contributed by atoms with Crippen LogP contribution in [0, 0.1) is 20.8 Å². The lowest BCUT2D eigenvalue weighted by atomic mass is 10.1. The molecular weight excluding hydrogens is 322 g/mol. The van der Waals surface area contributed by atoms with Crippen LogP contribution in [0.1, 0.15) is 40.2 Å². The largest absolute Gasteiger partial charge is 0.334 e. The summed E-state index contributed by atoms with van der Waals surface area (Å²) in [5.74, 6) is 0.117. The highest BCUT2D eigenvalue weighted by atomic mass is 35.5. The Balaban J connectivity index is 0.00000208. The van der Waals surface area contributed by atoms with E-state index in [1.54, 1.807) is 0 Å². The van der Waals surface area contributed by atoms with Crippen molar-refractivity contribution in [3.05, 3.63) is 52.8 Å². The predicted molar refractivity (Wildman–Crippen MR) is 100 cm³/mol. The zero-order chi connectivity index (χ0) is 16.6. The number of benzene rings is 1. The van der Waals surface area contributed by atoms with Gasteiger partial charge in [0, 0.05) is 36.2 Å². The van der Waals surface area contributed by atoms with Gasteiger partial charge >= 0.3 is 0 Å². The molecule has 1 saturated heterocycles. The van der Waals surface area contributed by atoms with Gasteiger partial charge in [-0.25, -0.2) is 0 Å². The van der Waals surface area contributed by atoms with Crippen LogP contribution in [0.5, 0.6) is 0 Å². The summed E-state index contributed by atoms with van der Waals surface area (Å²) in [6.45, 7) is 7.54. The Bertz CT molecular complexity index is 738. The van der Waals surface area contributed by atoms with Crippen LogP contribution < -0.4 is 5.73 Å². The molecule has 3 rings (SSSR count). The van der Waals surface area contributed by atoms with Gasteiger partial charge < -0.3 is 15.2 Å². The topological polar surface area (TPSA) is 51.3 Å². The van der Waals surface area contributed by atoms with Crippen molar-refractivity contribution in [2.75, 3.05) is 13.1 Å². The average Bonchev–Trinajstić information content (AvgIpc) is 3.12. The molecule has 4 nitrogen and oxygen atoms in total. The molecule has 1 unspecified atom stereocenters. The van der Waals surface area contributed by atoms with E-state index in [2.05, 4.69) is 30.5 Å². The predicted octanol–water partition coefficient (Wildman–Crippen LogP) is 3.39. The van der Waals surface area contributed by atoms with Crippen LogP contribution in [0.4, 0.5) is 0 Å². The Morgan fingerprint density at radius 3 is 2.62 bits per heavy atom. The third-order valence-corrected chi connectivity index (χ3v) is 4.93. The Morgan fingerprint density at radius 1 is 1.25 bits per heavy atom. The molecule has 0 bridgehead atoms. The number of nitrogens with two attached hydrogens (primary N) is 1. The van der Waals surface area contributed by atoms with Crippen molar-refractivity contribution >= 4 is 18.3 Å². The monoisotopic (exact) mass is 347 g/mol. The van der Waals surface area contributed by atoms with E-state index in [-0.39, 0.29) is 24.4 Å². The van der Waals surface area contributed by atoms with Crippen LogP contribution in [0.25, 0.3) is 5.69 Å². The van der Waals surface area contributed by atoms with E-state index in [0.717, 1.165) is 42.0 Å². The van der Waals surface area contributed by atoms with Gasteiger partial charge in [-0.1, -0.05) is 18.2 Å². The number of aryl methyl sites for hydroxylation is 2. The van der Waals surface area contributed by atoms with Crippen molar-refractivity contribution in [3.8, 4) is 5.69 Å². The van der Waals surface area contributed by atoms with Gasteiger partial charge in [-0.15, -0.1) is 12.4 Å². The minimum absolute atomic E-state index is 0. The summed E-state index contributed by atoms with van der Waals surface area (Å²) in [6.07, 6.45) is 2.06. The molecule has 130 valence electrons. The summed E-state index contributed by atoms with van der Waals surface area (Å²) in [6, 6.07) is 10.5. The third kappa shape index (κ3) is 3.08. The second-order valence-corrected chi connectivity index (χ2v) is 6.44. The first kappa shape index (κ1) is 18.6. The van der Waals surface area contributed by atoms with Crippen molar-refractivity contribution in [1.82, 2.24) is 9.47 Å². The Hall–Kier alpha value is -1.78. The number of carbonyl (C=O) groups is 1. The fraction of sp³-hybridized carbons (Fsp3) is 0.421. The molecule has 1 fully saturated rings. The van der Waals surface area contributed by atoms with Gasteiger partial charge in [0.05, 0.1) is 5.56 Å². The van der Waals surface area contributed by atoms with Crippen LogP contribution in [0.2, 0.25) is 0 Å². The smallest absolute Gasteiger partial charge is 0.255 e. The molecule has 1 aliphatic heterocycles. The van der Waals surface area contributed by atoms with E-state index in [1.807, 2.05) is 30.0 Å². The number of halogens is 1. The average molecular weight is 348 g/mol. The van der Waals surface area contributed by atoms with Gasteiger partial charge in [-0.3, -0.25) is 4.79 Å². The summed E-state index contributed by atoms with van der Waals surface area (Å²) in [7, 11) is 0. The van der Waals surface area contributed by atoms with Crippen molar-refractivity contribution in [3.63, 3.8) is 0 Å². The van der Waals surface area contributed by atoms with E-state index in [1.165, 1.54) is 5.56 Å². The van der Waals surface area contributed by atoms with Gasteiger partial charge in [0.1, 0.15) is 0 Å². The van der Waals surface area contributed by atoms with Crippen molar-refractivity contribution in [1.29, 1.82) is 0 Å². The van der Waals surface area contributed by atoms with Gasteiger partial charge in [0.15, 0.2) is 0 Å². The minimum atomic E-state index is 0. The molecule has 1 aromatic carbocycles. The summed E-state index contributed by atoms with van der Waals surface area (Å²) in [5, 5.41) is 0. The number of hydrogen-bond donors (Lipinski definition) is 1. The second kappa shape index (κ2) is 7.41. The molecule has 1 amide bonds. The summed E-state index contributed by atoms with van der Waals surface area (Å²) >= 11 is 0. The van der Waals surface area contributed by atoms with Gasteiger partial charge in [-0.2, -0.15) is 0 Å². The molecule has 24 heavy (non-hydrogen) atoms. The quantitative estimate of drug-likeness (QED) is 0.925. The highest BCUT2D eigenvalue weighted by Gasteiger charge is 2.30. The number of para-hydroxylation sites is 1. The summed E-state index contributed by atoms with van der Waals surface area (Å²) in [5.41, 5.74) is 11.1. The van der Waals surface area contributed by atoms with E-state index in [9.17, 15) is 4.79 Å². The Kier molecular flexibility index (Phi) is 5.73. The summed E-state index contributed by atoms with van der Waals surface area (Å²) in [4.78, 5) is 14.9. The first-order chi connectivity index (χ1) is 11.0. The fourth-order valence-electron chi connectivity index (χ4n) is 3.67. The molecule has 1 aliphatic rings. The third-order valence-electron chi connectivity index (χ3n) is 4.93. The van der Waals surface area contributed by atoms with Crippen LogP contribution in [0.3, 0.4) is 0 Å². The Labute approximate surface area is 150 Å². The van der Waals surface area contributed by atoms with E-state index in [0.29, 0.717) is 6.54 Å². The molecule has 0 saturated carbocycles. The van der Waals surface area contributed by atoms with Crippen LogP contribution in [-0.2, 0) is 0 Å². The number of rotatable bonds is 3. The maximum absolute atomic E-state index is 13.0.